The molecule has 148 valence electrons. The van der Waals surface area contributed by atoms with E-state index in [0.717, 1.165) is 0 Å². The number of aromatic nitrogens is 2. The topological polar surface area (TPSA) is 102 Å². The van der Waals surface area contributed by atoms with Gasteiger partial charge in [0.25, 0.3) is 11.8 Å². The number of hydrogen-bond acceptors (Lipinski definition) is 5. The van der Waals surface area contributed by atoms with E-state index in [1.54, 1.807) is 43.3 Å². The average molecular weight is 392 g/mol. The molecule has 0 saturated carbocycles. The van der Waals surface area contributed by atoms with Crippen LogP contribution in [0.2, 0.25) is 0 Å². The van der Waals surface area contributed by atoms with Crippen LogP contribution in [0.15, 0.2) is 65.5 Å². The molecule has 8 heteroatoms. The summed E-state index contributed by atoms with van der Waals surface area (Å²) in [5, 5.41) is 4.15. The molecule has 0 aliphatic heterocycles. The van der Waals surface area contributed by atoms with Crippen molar-refractivity contribution in [2.75, 3.05) is 6.61 Å². The predicted molar refractivity (Wildman–Crippen MR) is 107 cm³/mol. The molecule has 2 aromatic carbocycles. The number of ether oxygens (including phenoxy) is 1. The van der Waals surface area contributed by atoms with Gasteiger partial charge in [-0.05, 0) is 50.2 Å². The Kier molecular flexibility index (Phi) is 6.03. The van der Waals surface area contributed by atoms with Crippen molar-refractivity contribution in [1.29, 1.82) is 0 Å². The lowest BCUT2D eigenvalue weighted by Crippen LogP contribution is -2.44. The first-order chi connectivity index (χ1) is 14.0. The van der Waals surface area contributed by atoms with Crippen LogP contribution in [-0.4, -0.2) is 28.2 Å². The van der Waals surface area contributed by atoms with Gasteiger partial charge in [-0.2, -0.15) is 5.10 Å². The van der Waals surface area contributed by atoms with Crippen LogP contribution in [0.3, 0.4) is 0 Å². The van der Waals surface area contributed by atoms with Crippen LogP contribution in [-0.2, 0) is 0 Å². The maximum absolute atomic E-state index is 12.4. The molecule has 0 fully saturated rings. The summed E-state index contributed by atoms with van der Waals surface area (Å²) in [5.41, 5.74) is 5.26. The predicted octanol–water partition coefficient (Wildman–Crippen LogP) is 2.01. The van der Waals surface area contributed by atoms with Gasteiger partial charge >= 0.3 is 0 Å². The molecule has 0 spiro atoms. The van der Waals surface area contributed by atoms with Crippen LogP contribution < -0.4 is 21.0 Å². The normalized spacial score (nSPS) is 10.3. The number of para-hydroxylation sites is 1. The molecule has 8 nitrogen and oxygen atoms in total. The second-order valence-electron chi connectivity index (χ2n) is 6.11. The summed E-state index contributed by atoms with van der Waals surface area (Å²) < 4.78 is 6.81. The lowest BCUT2D eigenvalue weighted by Gasteiger charge is -2.12. The molecule has 0 aliphatic rings. The summed E-state index contributed by atoms with van der Waals surface area (Å²) in [5.74, 6) is -0.700. The van der Waals surface area contributed by atoms with Crippen molar-refractivity contribution in [3.05, 3.63) is 87.8 Å². The van der Waals surface area contributed by atoms with E-state index in [1.807, 2.05) is 25.1 Å². The Balaban J connectivity index is 1.73. The van der Waals surface area contributed by atoms with Gasteiger partial charge in [0.15, 0.2) is 5.69 Å². The molecule has 3 aromatic rings. The summed E-state index contributed by atoms with van der Waals surface area (Å²) in [7, 11) is 0. The van der Waals surface area contributed by atoms with Crippen molar-refractivity contribution < 1.29 is 14.3 Å². The molecule has 2 amide bonds. The number of hydrogen-bond donors (Lipinski definition) is 2. The van der Waals surface area contributed by atoms with Gasteiger partial charge < -0.3 is 4.74 Å². The highest BCUT2D eigenvalue weighted by atomic mass is 16.5. The maximum Gasteiger partial charge on any atom is 0.294 e. The molecular weight excluding hydrogens is 372 g/mol. The third-order valence-corrected chi connectivity index (χ3v) is 4.04. The van der Waals surface area contributed by atoms with E-state index < -0.39 is 17.2 Å². The van der Waals surface area contributed by atoms with Crippen LogP contribution in [0.25, 0.3) is 5.69 Å². The van der Waals surface area contributed by atoms with Crippen molar-refractivity contribution in [1.82, 2.24) is 20.6 Å². The highest BCUT2D eigenvalue weighted by Gasteiger charge is 2.16. The van der Waals surface area contributed by atoms with Gasteiger partial charge in [0, 0.05) is 17.3 Å². The number of nitrogens with one attached hydrogen (secondary N) is 2. The number of carbonyl (C=O) groups is 2. The Morgan fingerprint density at radius 1 is 1.00 bits per heavy atom. The molecule has 0 radical (unpaired) electrons. The van der Waals surface area contributed by atoms with Crippen molar-refractivity contribution in [3.8, 4) is 11.4 Å². The van der Waals surface area contributed by atoms with Gasteiger partial charge in [0.2, 0.25) is 5.43 Å². The Morgan fingerprint density at radius 2 is 1.66 bits per heavy atom. The van der Waals surface area contributed by atoms with E-state index in [0.29, 0.717) is 29.3 Å². The fourth-order valence-corrected chi connectivity index (χ4v) is 2.65. The molecule has 3 rings (SSSR count). The van der Waals surface area contributed by atoms with Crippen LogP contribution in [0.5, 0.6) is 5.75 Å². The number of amides is 2. The van der Waals surface area contributed by atoms with E-state index in [4.69, 9.17) is 4.74 Å². The lowest BCUT2D eigenvalue weighted by molar-refractivity contribution is 0.0842. The Morgan fingerprint density at radius 3 is 2.31 bits per heavy atom. The SMILES string of the molecule is CCOc1ccc(C(=O)NNC(=O)c2nn(-c3ccccc3)c(C)cc2=O)cc1. The smallest absolute Gasteiger partial charge is 0.294 e. The highest BCUT2D eigenvalue weighted by molar-refractivity contribution is 5.98. The summed E-state index contributed by atoms with van der Waals surface area (Å²) >= 11 is 0. The quantitative estimate of drug-likeness (QED) is 0.647. The van der Waals surface area contributed by atoms with Gasteiger partial charge in [-0.3, -0.25) is 25.2 Å². The fraction of sp³-hybridized carbons (Fsp3) is 0.143. The van der Waals surface area contributed by atoms with Crippen molar-refractivity contribution in [2.45, 2.75) is 13.8 Å². The van der Waals surface area contributed by atoms with Gasteiger partial charge in [-0.1, -0.05) is 18.2 Å². The van der Waals surface area contributed by atoms with E-state index >= 15 is 0 Å². The van der Waals surface area contributed by atoms with Crippen LogP contribution in [0, 0.1) is 6.92 Å². The minimum absolute atomic E-state index is 0.326. The first-order valence-electron chi connectivity index (χ1n) is 8.99. The van der Waals surface area contributed by atoms with Gasteiger partial charge in [0.1, 0.15) is 5.75 Å². The summed E-state index contributed by atoms with van der Waals surface area (Å²) in [6.07, 6.45) is 0. The van der Waals surface area contributed by atoms with E-state index in [-0.39, 0.29) is 5.69 Å². The maximum atomic E-state index is 12.4. The summed E-state index contributed by atoms with van der Waals surface area (Å²) in [6, 6.07) is 16.9. The minimum atomic E-state index is -0.807. The standard InChI is InChI=1S/C21H20N4O4/c1-3-29-17-11-9-15(10-12-17)20(27)22-23-21(28)19-18(26)13-14(2)25(24-19)16-7-5-4-6-8-16/h4-13H,3H2,1-2H3,(H,22,27)(H,23,28). The molecule has 0 saturated heterocycles. The zero-order chi connectivity index (χ0) is 20.8. The Bertz CT molecular complexity index is 1080. The van der Waals surface area contributed by atoms with Gasteiger partial charge in [-0.15, -0.1) is 0 Å². The molecular formula is C21H20N4O4. The number of benzene rings is 2. The number of hydrazine groups is 1. The molecule has 0 atom stereocenters. The summed E-state index contributed by atoms with van der Waals surface area (Å²) in [6.45, 7) is 4.10. The third kappa shape index (κ3) is 4.67. The summed E-state index contributed by atoms with van der Waals surface area (Å²) in [4.78, 5) is 36.8. The first kappa shape index (κ1) is 19.8. The van der Waals surface area contributed by atoms with Crippen molar-refractivity contribution >= 4 is 11.8 Å². The molecule has 0 unspecified atom stereocenters. The highest BCUT2D eigenvalue weighted by Crippen LogP contribution is 2.12. The largest absolute Gasteiger partial charge is 0.494 e. The Labute approximate surface area is 167 Å². The zero-order valence-corrected chi connectivity index (χ0v) is 16.0. The number of aryl methyl sites for hydroxylation is 1. The second kappa shape index (κ2) is 8.83. The van der Waals surface area contributed by atoms with E-state index in [1.165, 1.54) is 10.7 Å². The van der Waals surface area contributed by atoms with Gasteiger partial charge in [0.05, 0.1) is 12.3 Å². The monoisotopic (exact) mass is 392 g/mol. The van der Waals surface area contributed by atoms with Crippen LogP contribution in [0.4, 0.5) is 0 Å². The van der Waals surface area contributed by atoms with Crippen LogP contribution in [0.1, 0.15) is 33.5 Å². The average Bonchev–Trinajstić information content (AvgIpc) is 2.73. The van der Waals surface area contributed by atoms with E-state index in [9.17, 15) is 14.4 Å². The molecule has 0 bridgehead atoms. The number of rotatable bonds is 5. The minimum Gasteiger partial charge on any atom is -0.494 e. The third-order valence-electron chi connectivity index (χ3n) is 4.04. The first-order valence-corrected chi connectivity index (χ1v) is 8.99. The molecule has 1 heterocycles. The van der Waals surface area contributed by atoms with Crippen molar-refractivity contribution in [3.63, 3.8) is 0 Å². The second-order valence-corrected chi connectivity index (χ2v) is 6.11. The zero-order valence-electron chi connectivity index (χ0n) is 16.0. The molecule has 2 N–H and O–H groups in total. The van der Waals surface area contributed by atoms with E-state index in [2.05, 4.69) is 16.0 Å². The molecule has 1 aromatic heterocycles. The fourth-order valence-electron chi connectivity index (χ4n) is 2.65. The van der Waals surface area contributed by atoms with Crippen LogP contribution >= 0.6 is 0 Å². The number of carbonyl (C=O) groups excluding carboxylic acids is 2. The van der Waals surface area contributed by atoms with Gasteiger partial charge in [-0.25, -0.2) is 4.68 Å². The molecule has 0 aliphatic carbocycles. The molecule has 29 heavy (non-hydrogen) atoms. The van der Waals surface area contributed by atoms with Crippen molar-refractivity contribution in [2.24, 2.45) is 0 Å². The lowest BCUT2D eigenvalue weighted by atomic mass is 10.2. The number of nitrogens with zero attached hydrogens (tertiary/aromatic N) is 2. The Hall–Kier alpha value is -3.94.